The first kappa shape index (κ1) is 46.1. The topological polar surface area (TPSA) is 6.48 Å². The highest BCUT2D eigenvalue weighted by molar-refractivity contribution is 6.23. The molecule has 0 radical (unpaired) electrons. The zero-order valence-electron chi connectivity index (χ0n) is 45.2. The van der Waals surface area contributed by atoms with E-state index in [2.05, 4.69) is 264 Å². The molecule has 1 atom stereocenters. The Kier molecular flexibility index (Phi) is 10.1. The fraction of sp³-hybridized carbons (Fsp3) is 0.200. The molecule has 0 bridgehead atoms. The van der Waals surface area contributed by atoms with Crippen molar-refractivity contribution in [3.63, 3.8) is 0 Å². The molecule has 15 rings (SSSR count). The second kappa shape index (κ2) is 16.9. The van der Waals surface area contributed by atoms with Crippen LogP contribution in [0.25, 0.3) is 61.0 Å². The van der Waals surface area contributed by atoms with Gasteiger partial charge in [0, 0.05) is 50.6 Å². The number of para-hydroxylation sites is 2. The number of nitrogens with zero attached hydrogens (tertiary/aromatic N) is 2. The average molecular weight is 993 g/mol. The van der Waals surface area contributed by atoms with Crippen LogP contribution in [0.1, 0.15) is 119 Å². The summed E-state index contributed by atoms with van der Waals surface area (Å²) in [5.41, 5.74) is 27.6. The van der Waals surface area contributed by atoms with E-state index in [4.69, 9.17) is 0 Å². The number of allylic oxidation sites excluding steroid dienone is 8. The molecule has 0 fully saturated rings. The molecule has 2 heterocycles. The van der Waals surface area contributed by atoms with Crippen LogP contribution in [0, 0.1) is 0 Å². The Morgan fingerprint density at radius 3 is 1.83 bits per heavy atom. The van der Waals surface area contributed by atoms with Crippen molar-refractivity contribution < 1.29 is 0 Å². The molecule has 0 saturated heterocycles. The van der Waals surface area contributed by atoms with Crippen LogP contribution < -0.4 is 9.80 Å². The van der Waals surface area contributed by atoms with Crippen LogP contribution >= 0.6 is 0 Å². The number of hydrogen-bond acceptors (Lipinski definition) is 2. The molecule has 6 aliphatic rings. The molecule has 4 aliphatic carbocycles. The van der Waals surface area contributed by atoms with Gasteiger partial charge in [0.25, 0.3) is 0 Å². The summed E-state index contributed by atoms with van der Waals surface area (Å²) < 4.78 is 0. The first-order valence-electron chi connectivity index (χ1n) is 28.2. The molecule has 0 saturated carbocycles. The second-order valence-corrected chi connectivity index (χ2v) is 24.1. The average Bonchev–Trinajstić information content (AvgIpc) is 3.89. The van der Waals surface area contributed by atoms with Crippen molar-refractivity contribution in [2.24, 2.45) is 0 Å². The Balaban J connectivity index is 1.05. The van der Waals surface area contributed by atoms with E-state index in [1.807, 2.05) is 0 Å². The van der Waals surface area contributed by atoms with Gasteiger partial charge in [-0.1, -0.05) is 205 Å². The van der Waals surface area contributed by atoms with Gasteiger partial charge < -0.3 is 9.80 Å². The van der Waals surface area contributed by atoms with Crippen molar-refractivity contribution >= 4 is 50.4 Å². The lowest BCUT2D eigenvalue weighted by molar-refractivity contribution is 0.571. The van der Waals surface area contributed by atoms with Gasteiger partial charge in [0.05, 0.1) is 5.69 Å². The molecule has 374 valence electrons. The Hall–Kier alpha value is -8.20. The van der Waals surface area contributed by atoms with Crippen molar-refractivity contribution in [3.8, 4) is 33.4 Å². The predicted octanol–water partition coefficient (Wildman–Crippen LogP) is 20.2. The third-order valence-corrected chi connectivity index (χ3v) is 19.0. The summed E-state index contributed by atoms with van der Waals surface area (Å²) in [6.07, 6.45) is 19.4. The number of anilines is 4. The maximum Gasteiger partial charge on any atom is 0.0502 e. The Bertz CT molecular complexity index is 4180. The molecule has 77 heavy (non-hydrogen) atoms. The fourth-order valence-electron chi connectivity index (χ4n) is 15.1. The molecule has 0 spiro atoms. The first-order valence-corrected chi connectivity index (χ1v) is 28.2. The summed E-state index contributed by atoms with van der Waals surface area (Å²) in [7, 11) is 0. The van der Waals surface area contributed by atoms with Gasteiger partial charge in [-0.15, -0.1) is 0 Å². The number of hydrogen-bond donors (Lipinski definition) is 0. The molecule has 0 aromatic heterocycles. The Morgan fingerprint density at radius 1 is 0.429 bits per heavy atom. The van der Waals surface area contributed by atoms with Crippen LogP contribution in [0.2, 0.25) is 0 Å². The van der Waals surface area contributed by atoms with Gasteiger partial charge in [-0.3, -0.25) is 0 Å². The molecule has 2 aliphatic heterocycles. The third-order valence-electron chi connectivity index (χ3n) is 19.0. The van der Waals surface area contributed by atoms with Gasteiger partial charge in [0.1, 0.15) is 0 Å². The standard InChI is InChI=1S/C75H64N2/c1-73(2)61-28-10-9-26-55(61)56-40-37-50(44-66(56)73)72-58-42-39-51(76-67-33-15-11-29-62(67)74(3,4)63-30-12-16-34-68(63)76)45-59(58)71(49-24-19-23-48(43-49)54-27-20-22-47-21-7-8-25-53(47)54)57-41-38-52(46-60(57)72)77-69-35-17-13-31-64(69)75(5,6)65-32-14-18-36-70(65)77/h7-13,15,17-26,28-31,33,35-46,54H,14,16,27,32,34H2,1-6H3. The normalized spacial score (nSPS) is 18.9. The van der Waals surface area contributed by atoms with Crippen LogP contribution in [0.5, 0.6) is 0 Å². The zero-order valence-corrected chi connectivity index (χ0v) is 45.2. The van der Waals surface area contributed by atoms with Gasteiger partial charge in [-0.2, -0.15) is 0 Å². The minimum Gasteiger partial charge on any atom is -0.314 e. The van der Waals surface area contributed by atoms with E-state index < -0.39 is 0 Å². The highest BCUT2D eigenvalue weighted by Gasteiger charge is 2.41. The molecular formula is C75H64N2. The predicted molar refractivity (Wildman–Crippen MR) is 326 cm³/mol. The lowest BCUT2D eigenvalue weighted by Crippen LogP contribution is -2.34. The van der Waals surface area contributed by atoms with E-state index >= 15 is 0 Å². The lowest BCUT2D eigenvalue weighted by Gasteiger charge is -2.44. The molecule has 0 amide bonds. The van der Waals surface area contributed by atoms with Gasteiger partial charge in [-0.05, 0) is 186 Å². The van der Waals surface area contributed by atoms with Crippen molar-refractivity contribution in [1.82, 2.24) is 0 Å². The molecule has 0 N–H and O–H groups in total. The summed E-state index contributed by atoms with van der Waals surface area (Å²) >= 11 is 0. The zero-order chi connectivity index (χ0) is 52.0. The fourth-order valence-corrected chi connectivity index (χ4v) is 15.1. The third kappa shape index (κ3) is 6.73. The maximum absolute atomic E-state index is 2.62. The van der Waals surface area contributed by atoms with E-state index in [9.17, 15) is 0 Å². The summed E-state index contributed by atoms with van der Waals surface area (Å²) in [6, 6.07) is 68.3. The maximum atomic E-state index is 2.62. The molecule has 2 nitrogen and oxygen atoms in total. The minimum atomic E-state index is -0.158. The highest BCUT2D eigenvalue weighted by Crippen LogP contribution is 2.57. The van der Waals surface area contributed by atoms with Gasteiger partial charge >= 0.3 is 0 Å². The van der Waals surface area contributed by atoms with Crippen molar-refractivity contribution in [2.45, 2.75) is 95.8 Å². The van der Waals surface area contributed by atoms with Crippen LogP contribution in [-0.2, 0) is 16.2 Å². The van der Waals surface area contributed by atoms with Crippen LogP contribution in [-0.4, -0.2) is 0 Å². The summed E-state index contributed by atoms with van der Waals surface area (Å²) in [5, 5.41) is 5.05. The summed E-state index contributed by atoms with van der Waals surface area (Å²) in [5.74, 6) is 0.265. The highest BCUT2D eigenvalue weighted by atomic mass is 15.2. The number of fused-ring (bicyclic) bond motifs is 8. The van der Waals surface area contributed by atoms with Crippen molar-refractivity contribution in [3.05, 3.63) is 268 Å². The van der Waals surface area contributed by atoms with E-state index in [1.165, 1.54) is 139 Å². The van der Waals surface area contributed by atoms with E-state index in [0.717, 1.165) is 32.1 Å². The SMILES string of the molecule is CC1(C)C2=C(CCC=C2)N(c2ccc3c(-c4ccc5c(c4)C(C)(C)c4ccccc4-5)c4cc(N5C6=C(CCC=C6)C(C)(C)c6ccccc65)ccc4c(-c4cccc(C5CC=Cc6ccccc65)c4)c3c2)c2ccccc21. The summed E-state index contributed by atoms with van der Waals surface area (Å²) in [6.45, 7) is 14.5. The van der Waals surface area contributed by atoms with Crippen molar-refractivity contribution in [2.75, 3.05) is 9.80 Å². The molecular weight excluding hydrogens is 929 g/mol. The number of rotatable bonds is 5. The van der Waals surface area contributed by atoms with Gasteiger partial charge in [0.2, 0.25) is 0 Å². The minimum absolute atomic E-state index is 0.0833. The second-order valence-electron chi connectivity index (χ2n) is 24.1. The van der Waals surface area contributed by atoms with Crippen LogP contribution in [0.4, 0.5) is 22.7 Å². The van der Waals surface area contributed by atoms with Gasteiger partial charge in [-0.25, -0.2) is 0 Å². The van der Waals surface area contributed by atoms with Gasteiger partial charge in [0.15, 0.2) is 0 Å². The first-order chi connectivity index (χ1) is 37.5. The molecule has 9 aromatic rings. The Morgan fingerprint density at radius 2 is 1.05 bits per heavy atom. The van der Waals surface area contributed by atoms with E-state index in [-0.39, 0.29) is 22.2 Å². The molecule has 1 unspecified atom stereocenters. The number of benzene rings is 9. The molecule has 2 heteroatoms. The quantitative estimate of drug-likeness (QED) is 0.159. The van der Waals surface area contributed by atoms with Crippen LogP contribution in [0.15, 0.2) is 229 Å². The smallest absolute Gasteiger partial charge is 0.0502 e. The Labute approximate surface area is 454 Å². The van der Waals surface area contributed by atoms with E-state index in [1.54, 1.807) is 0 Å². The largest absolute Gasteiger partial charge is 0.314 e. The van der Waals surface area contributed by atoms with Crippen LogP contribution in [0.3, 0.4) is 0 Å². The van der Waals surface area contributed by atoms with Crippen molar-refractivity contribution in [1.29, 1.82) is 0 Å². The molecule has 9 aromatic carbocycles. The monoisotopic (exact) mass is 993 g/mol. The van der Waals surface area contributed by atoms with E-state index in [0.29, 0.717) is 0 Å². The summed E-state index contributed by atoms with van der Waals surface area (Å²) in [4.78, 5) is 5.20. The lowest BCUT2D eigenvalue weighted by atomic mass is 9.70.